The van der Waals surface area contributed by atoms with Gasteiger partial charge in [0.2, 0.25) is 0 Å². The maximum Gasteiger partial charge on any atom is 0.0513 e. The van der Waals surface area contributed by atoms with Crippen LogP contribution in [0.5, 0.6) is 0 Å². The number of nitrogens with two attached hydrogens (primary N) is 1. The van der Waals surface area contributed by atoms with Gasteiger partial charge in [0.1, 0.15) is 0 Å². The van der Waals surface area contributed by atoms with Crippen LogP contribution in [0.1, 0.15) is 23.7 Å². The first kappa shape index (κ1) is 9.62. The van der Waals surface area contributed by atoms with Crippen LogP contribution in [0.15, 0.2) is 18.3 Å². The largest absolute Gasteiger partial charge is 0.381 e. The van der Waals surface area contributed by atoms with E-state index in [1.807, 2.05) is 19.2 Å². The van der Waals surface area contributed by atoms with E-state index < -0.39 is 0 Å². The van der Waals surface area contributed by atoms with Gasteiger partial charge in [0, 0.05) is 30.5 Å². The zero-order valence-electron chi connectivity index (χ0n) is 8.44. The van der Waals surface area contributed by atoms with E-state index in [-0.39, 0.29) is 6.04 Å². The molecule has 0 radical (unpaired) electrons. The summed E-state index contributed by atoms with van der Waals surface area (Å²) in [7, 11) is 0. The Hall–Kier alpha value is -0.930. The Bertz CT molecular complexity index is 308. The summed E-state index contributed by atoms with van der Waals surface area (Å²) in [5, 5.41) is 0. The van der Waals surface area contributed by atoms with Crippen LogP contribution in [0.4, 0.5) is 0 Å². The van der Waals surface area contributed by atoms with E-state index in [2.05, 4.69) is 11.1 Å². The minimum atomic E-state index is 0.0965. The molecule has 3 heteroatoms. The topological polar surface area (TPSA) is 48.1 Å². The molecule has 2 unspecified atom stereocenters. The summed E-state index contributed by atoms with van der Waals surface area (Å²) in [6.07, 6.45) is 2.89. The number of hydrogen-bond donors (Lipinski definition) is 1. The van der Waals surface area contributed by atoms with Crippen molar-refractivity contribution < 1.29 is 4.74 Å². The summed E-state index contributed by atoms with van der Waals surface area (Å²) < 4.78 is 5.33. The highest BCUT2D eigenvalue weighted by Gasteiger charge is 2.23. The van der Waals surface area contributed by atoms with Gasteiger partial charge in [-0.3, -0.25) is 4.98 Å². The second-order valence-electron chi connectivity index (χ2n) is 3.88. The number of aryl methyl sites for hydroxylation is 1. The Balaban J connectivity index is 2.13. The lowest BCUT2D eigenvalue weighted by Crippen LogP contribution is -2.21. The molecule has 76 valence electrons. The molecule has 1 aromatic heterocycles. The van der Waals surface area contributed by atoms with Crippen LogP contribution in [0.25, 0.3) is 0 Å². The van der Waals surface area contributed by atoms with E-state index in [1.165, 1.54) is 5.56 Å². The standard InChI is InChI=1S/C11H16N2O/c1-8-6-9(2-4-13-8)11(12)10-3-5-14-7-10/h2,4,6,10-11H,3,5,7,12H2,1H3. The quantitative estimate of drug-likeness (QED) is 0.771. The van der Waals surface area contributed by atoms with Gasteiger partial charge in [0.15, 0.2) is 0 Å². The van der Waals surface area contributed by atoms with E-state index in [4.69, 9.17) is 10.5 Å². The maximum absolute atomic E-state index is 6.16. The molecular weight excluding hydrogens is 176 g/mol. The fourth-order valence-corrected chi connectivity index (χ4v) is 1.88. The number of nitrogens with zero attached hydrogens (tertiary/aromatic N) is 1. The molecule has 0 saturated carbocycles. The second kappa shape index (κ2) is 4.07. The van der Waals surface area contributed by atoms with E-state index in [9.17, 15) is 0 Å². The van der Waals surface area contributed by atoms with Crippen LogP contribution in [0, 0.1) is 12.8 Å². The molecule has 1 aromatic rings. The van der Waals surface area contributed by atoms with Crippen LogP contribution >= 0.6 is 0 Å². The fourth-order valence-electron chi connectivity index (χ4n) is 1.88. The number of ether oxygens (including phenoxy) is 1. The summed E-state index contributed by atoms with van der Waals surface area (Å²) in [5.74, 6) is 0.469. The Morgan fingerprint density at radius 3 is 3.14 bits per heavy atom. The van der Waals surface area contributed by atoms with E-state index in [0.717, 1.165) is 25.3 Å². The van der Waals surface area contributed by atoms with Crippen molar-refractivity contribution in [2.45, 2.75) is 19.4 Å². The van der Waals surface area contributed by atoms with Crippen LogP contribution in [-0.4, -0.2) is 18.2 Å². The molecule has 1 aliphatic heterocycles. The Labute approximate surface area is 84.3 Å². The molecule has 0 aliphatic carbocycles. The predicted molar refractivity (Wildman–Crippen MR) is 54.8 cm³/mol. The zero-order chi connectivity index (χ0) is 9.97. The van der Waals surface area contributed by atoms with E-state index in [1.54, 1.807) is 0 Å². The third kappa shape index (κ3) is 1.94. The van der Waals surface area contributed by atoms with Gasteiger partial charge >= 0.3 is 0 Å². The Kier molecular flexibility index (Phi) is 2.79. The van der Waals surface area contributed by atoms with Crippen molar-refractivity contribution in [3.63, 3.8) is 0 Å². The third-order valence-electron chi connectivity index (χ3n) is 2.78. The number of pyridine rings is 1. The van der Waals surface area contributed by atoms with Crippen molar-refractivity contribution in [2.24, 2.45) is 11.7 Å². The highest BCUT2D eigenvalue weighted by Crippen LogP contribution is 2.26. The summed E-state index contributed by atoms with van der Waals surface area (Å²) in [6, 6.07) is 4.15. The molecule has 0 bridgehead atoms. The van der Waals surface area contributed by atoms with Gasteiger partial charge in [0.05, 0.1) is 6.61 Å². The average molecular weight is 192 g/mol. The van der Waals surface area contributed by atoms with Crippen molar-refractivity contribution in [2.75, 3.05) is 13.2 Å². The smallest absolute Gasteiger partial charge is 0.0513 e. The Morgan fingerprint density at radius 2 is 2.50 bits per heavy atom. The fraction of sp³-hybridized carbons (Fsp3) is 0.545. The molecule has 0 aromatic carbocycles. The first-order chi connectivity index (χ1) is 6.77. The predicted octanol–water partition coefficient (Wildman–Crippen LogP) is 1.43. The molecule has 1 fully saturated rings. The monoisotopic (exact) mass is 192 g/mol. The molecule has 3 nitrogen and oxygen atoms in total. The molecule has 1 aliphatic rings. The van der Waals surface area contributed by atoms with E-state index in [0.29, 0.717) is 5.92 Å². The molecule has 2 atom stereocenters. The van der Waals surface area contributed by atoms with Gasteiger partial charge in [0.25, 0.3) is 0 Å². The highest BCUT2D eigenvalue weighted by atomic mass is 16.5. The molecule has 2 rings (SSSR count). The zero-order valence-corrected chi connectivity index (χ0v) is 8.44. The van der Waals surface area contributed by atoms with Crippen molar-refractivity contribution in [3.8, 4) is 0 Å². The van der Waals surface area contributed by atoms with Crippen LogP contribution in [0.2, 0.25) is 0 Å². The lowest BCUT2D eigenvalue weighted by molar-refractivity contribution is 0.181. The highest BCUT2D eigenvalue weighted by molar-refractivity contribution is 5.20. The van der Waals surface area contributed by atoms with Crippen LogP contribution < -0.4 is 5.73 Å². The van der Waals surface area contributed by atoms with Gasteiger partial charge in [-0.25, -0.2) is 0 Å². The van der Waals surface area contributed by atoms with E-state index >= 15 is 0 Å². The molecule has 1 saturated heterocycles. The van der Waals surface area contributed by atoms with Gasteiger partial charge in [-0.2, -0.15) is 0 Å². The van der Waals surface area contributed by atoms with Crippen LogP contribution in [-0.2, 0) is 4.74 Å². The first-order valence-electron chi connectivity index (χ1n) is 5.03. The molecule has 0 amide bonds. The van der Waals surface area contributed by atoms with Gasteiger partial charge in [-0.15, -0.1) is 0 Å². The van der Waals surface area contributed by atoms with Gasteiger partial charge in [-0.1, -0.05) is 0 Å². The number of aromatic nitrogens is 1. The third-order valence-corrected chi connectivity index (χ3v) is 2.78. The minimum Gasteiger partial charge on any atom is -0.381 e. The summed E-state index contributed by atoms with van der Waals surface area (Å²) >= 11 is 0. The SMILES string of the molecule is Cc1cc(C(N)C2CCOC2)ccn1. The average Bonchev–Trinajstić information content (AvgIpc) is 2.69. The summed E-state index contributed by atoms with van der Waals surface area (Å²) in [6.45, 7) is 3.63. The van der Waals surface area contributed by atoms with Gasteiger partial charge in [-0.05, 0) is 31.0 Å². The van der Waals surface area contributed by atoms with Crippen molar-refractivity contribution >= 4 is 0 Å². The van der Waals surface area contributed by atoms with Crippen molar-refractivity contribution in [1.29, 1.82) is 0 Å². The molecule has 0 spiro atoms. The lowest BCUT2D eigenvalue weighted by atomic mass is 9.93. The van der Waals surface area contributed by atoms with Crippen molar-refractivity contribution in [1.82, 2.24) is 4.98 Å². The minimum absolute atomic E-state index is 0.0965. The molecule has 14 heavy (non-hydrogen) atoms. The molecular formula is C11H16N2O. The summed E-state index contributed by atoms with van der Waals surface area (Å²) in [4.78, 5) is 4.16. The normalized spacial score (nSPS) is 23.7. The second-order valence-corrected chi connectivity index (χ2v) is 3.88. The van der Waals surface area contributed by atoms with Gasteiger partial charge < -0.3 is 10.5 Å². The maximum atomic E-state index is 6.16. The number of rotatable bonds is 2. The summed E-state index contributed by atoms with van der Waals surface area (Å²) in [5.41, 5.74) is 8.36. The van der Waals surface area contributed by atoms with Crippen LogP contribution in [0.3, 0.4) is 0 Å². The Morgan fingerprint density at radius 1 is 1.64 bits per heavy atom. The van der Waals surface area contributed by atoms with Crippen molar-refractivity contribution in [3.05, 3.63) is 29.6 Å². The first-order valence-corrected chi connectivity index (χ1v) is 5.03. The molecule has 2 heterocycles. The lowest BCUT2D eigenvalue weighted by Gasteiger charge is -2.17. The molecule has 2 N–H and O–H groups in total. The number of hydrogen-bond acceptors (Lipinski definition) is 3.